The first-order chi connectivity index (χ1) is 28.5. The molecule has 9 aromatic carbocycles. The van der Waals surface area contributed by atoms with E-state index < -0.39 is 0 Å². The summed E-state index contributed by atoms with van der Waals surface area (Å²) in [5.74, 6) is 0. The summed E-state index contributed by atoms with van der Waals surface area (Å²) in [5, 5.41) is 7.69. The molecule has 0 N–H and O–H groups in total. The van der Waals surface area contributed by atoms with E-state index >= 15 is 0 Å². The minimum Gasteiger partial charge on any atom is -0.0911 e. The molecule has 0 amide bonds. The van der Waals surface area contributed by atoms with E-state index in [0.29, 0.717) is 0 Å². The first-order valence-corrected chi connectivity index (χ1v) is 22.5. The second-order valence-corrected chi connectivity index (χ2v) is 20.6. The molecule has 0 radical (unpaired) electrons. The SMILES string of the molecule is CC(C)(C)c1ccc2c(c1)B1c3cc(C(C)(C)C)ccc3Sc3cc(-c4c5ccccc5c(-c5ccc(-c6cccc7ccccc67)cc5)c5ccccc45)cc(c31)S2. The van der Waals surface area contributed by atoms with Crippen LogP contribution < -0.4 is 16.4 Å². The maximum Gasteiger partial charge on any atom is 0.247 e. The Hall–Kier alpha value is -5.48. The van der Waals surface area contributed by atoms with Crippen LogP contribution in [0.25, 0.3) is 65.7 Å². The van der Waals surface area contributed by atoms with E-state index in [9.17, 15) is 0 Å². The molecular formula is C56H45BS2. The smallest absolute Gasteiger partial charge is 0.0911 e. The van der Waals surface area contributed by atoms with E-state index in [-0.39, 0.29) is 17.5 Å². The van der Waals surface area contributed by atoms with Crippen molar-refractivity contribution in [2.45, 2.75) is 72.0 Å². The van der Waals surface area contributed by atoms with Crippen molar-refractivity contribution in [1.82, 2.24) is 0 Å². The monoisotopic (exact) mass is 792 g/mol. The van der Waals surface area contributed by atoms with E-state index in [1.807, 2.05) is 23.5 Å². The van der Waals surface area contributed by atoms with Crippen LogP contribution in [-0.4, -0.2) is 6.71 Å². The predicted octanol–water partition coefficient (Wildman–Crippen LogP) is 14.2. The Morgan fingerprint density at radius 2 is 0.814 bits per heavy atom. The second-order valence-electron chi connectivity index (χ2n) is 18.5. The zero-order chi connectivity index (χ0) is 40.2. The number of fused-ring (bicyclic) bond motifs is 7. The van der Waals surface area contributed by atoms with Crippen LogP contribution in [0.5, 0.6) is 0 Å². The zero-order valence-corrected chi connectivity index (χ0v) is 36.1. The number of hydrogen-bond acceptors (Lipinski definition) is 2. The molecule has 0 atom stereocenters. The summed E-state index contributed by atoms with van der Waals surface area (Å²) in [6.45, 7) is 14.2. The summed E-state index contributed by atoms with van der Waals surface area (Å²) in [6.07, 6.45) is 0. The van der Waals surface area contributed by atoms with Crippen LogP contribution in [0.2, 0.25) is 0 Å². The first kappa shape index (κ1) is 36.6. The number of hydrogen-bond donors (Lipinski definition) is 0. The van der Waals surface area contributed by atoms with Gasteiger partial charge in [0, 0.05) is 19.6 Å². The van der Waals surface area contributed by atoms with Gasteiger partial charge in [0.25, 0.3) is 0 Å². The molecule has 3 heteroatoms. The standard InChI is InChI=1S/C56H45BS2/c1-55(2,3)38-26-28-48-46(32-38)57-47-33-39(56(4,5)6)27-29-49(47)59-51-31-37(30-50(58-48)54(51)57)53-44-19-11-9-17-42(44)52(43-18-10-12-20-45(43)53)36-24-22-35(23-25-36)41-21-13-15-34-14-7-8-16-40(34)41/h7-33H,1-6H3. The zero-order valence-electron chi connectivity index (χ0n) is 34.5. The normalized spacial score (nSPS) is 13.4. The Morgan fingerprint density at radius 3 is 1.32 bits per heavy atom. The summed E-state index contributed by atoms with van der Waals surface area (Å²) in [6, 6.07) is 62.3. The quantitative estimate of drug-likeness (QED) is 0.129. The molecule has 0 aromatic heterocycles. The van der Waals surface area contributed by atoms with Crippen molar-refractivity contribution in [3.05, 3.63) is 175 Å². The summed E-state index contributed by atoms with van der Waals surface area (Å²) < 4.78 is 0. The van der Waals surface area contributed by atoms with Crippen molar-refractivity contribution in [3.63, 3.8) is 0 Å². The van der Waals surface area contributed by atoms with Crippen LogP contribution in [0.4, 0.5) is 0 Å². The molecule has 0 unspecified atom stereocenters. The predicted molar refractivity (Wildman–Crippen MR) is 258 cm³/mol. The van der Waals surface area contributed by atoms with Crippen molar-refractivity contribution in [2.75, 3.05) is 0 Å². The van der Waals surface area contributed by atoms with Gasteiger partial charge in [0.2, 0.25) is 6.71 Å². The van der Waals surface area contributed by atoms with Crippen LogP contribution in [0, 0.1) is 0 Å². The second kappa shape index (κ2) is 13.5. The molecule has 59 heavy (non-hydrogen) atoms. The third-order valence-corrected chi connectivity index (χ3v) is 15.0. The molecule has 0 saturated carbocycles. The van der Waals surface area contributed by atoms with Gasteiger partial charge in [-0.2, -0.15) is 0 Å². The third-order valence-electron chi connectivity index (χ3n) is 12.7. The van der Waals surface area contributed by atoms with Crippen molar-refractivity contribution in [2.24, 2.45) is 0 Å². The van der Waals surface area contributed by atoms with Gasteiger partial charge >= 0.3 is 0 Å². The molecule has 2 aliphatic heterocycles. The Labute approximate surface area is 357 Å². The van der Waals surface area contributed by atoms with Crippen molar-refractivity contribution >= 4 is 78.9 Å². The summed E-state index contributed by atoms with van der Waals surface area (Å²) in [4.78, 5) is 5.49. The topological polar surface area (TPSA) is 0 Å². The van der Waals surface area contributed by atoms with Gasteiger partial charge in [0.15, 0.2) is 0 Å². The molecule has 11 rings (SSSR count). The average Bonchev–Trinajstić information content (AvgIpc) is 3.24. The number of benzene rings is 9. The Morgan fingerprint density at radius 1 is 0.373 bits per heavy atom. The van der Waals surface area contributed by atoms with Crippen LogP contribution in [0.3, 0.4) is 0 Å². The highest BCUT2D eigenvalue weighted by atomic mass is 32.2. The van der Waals surface area contributed by atoms with E-state index in [2.05, 4.69) is 205 Å². The highest BCUT2D eigenvalue weighted by Gasteiger charge is 2.40. The average molecular weight is 793 g/mol. The molecule has 9 aromatic rings. The van der Waals surface area contributed by atoms with Crippen LogP contribution >= 0.6 is 23.5 Å². The van der Waals surface area contributed by atoms with Crippen LogP contribution in [-0.2, 0) is 10.8 Å². The Balaban J connectivity index is 1.11. The lowest BCUT2D eigenvalue weighted by atomic mass is 9.36. The summed E-state index contributed by atoms with van der Waals surface area (Å²) in [7, 11) is 0. The molecule has 2 heterocycles. The van der Waals surface area contributed by atoms with Gasteiger partial charge in [0.1, 0.15) is 0 Å². The van der Waals surface area contributed by atoms with Crippen molar-refractivity contribution in [1.29, 1.82) is 0 Å². The first-order valence-electron chi connectivity index (χ1n) is 20.9. The van der Waals surface area contributed by atoms with Crippen molar-refractivity contribution in [3.8, 4) is 33.4 Å². The minimum absolute atomic E-state index is 0.0687. The van der Waals surface area contributed by atoms with Gasteiger partial charge in [-0.15, -0.1) is 0 Å². The Kier molecular flexibility index (Phi) is 8.39. The summed E-state index contributed by atoms with van der Waals surface area (Å²) in [5.41, 5.74) is 14.9. The molecule has 0 spiro atoms. The molecule has 0 saturated heterocycles. The fraction of sp³-hybridized carbons (Fsp3) is 0.143. The van der Waals surface area contributed by atoms with E-state index in [0.717, 1.165) is 0 Å². The fourth-order valence-electron chi connectivity index (χ4n) is 9.63. The lowest BCUT2D eigenvalue weighted by Gasteiger charge is -2.35. The fourth-order valence-corrected chi connectivity index (χ4v) is 12.1. The molecule has 0 nitrogen and oxygen atoms in total. The van der Waals surface area contributed by atoms with Gasteiger partial charge in [-0.05, 0) is 117 Å². The van der Waals surface area contributed by atoms with E-state index in [1.54, 1.807) is 0 Å². The number of rotatable bonds is 3. The Bertz CT molecular complexity index is 3030. The van der Waals surface area contributed by atoms with E-state index in [4.69, 9.17) is 0 Å². The molecule has 0 aliphatic carbocycles. The van der Waals surface area contributed by atoms with E-state index in [1.165, 1.54) is 113 Å². The van der Waals surface area contributed by atoms with Crippen LogP contribution in [0.15, 0.2) is 183 Å². The van der Waals surface area contributed by atoms with Gasteiger partial charge in [0.05, 0.1) is 0 Å². The van der Waals surface area contributed by atoms with Crippen molar-refractivity contribution < 1.29 is 0 Å². The highest BCUT2D eigenvalue weighted by Crippen LogP contribution is 2.48. The summed E-state index contributed by atoms with van der Waals surface area (Å²) >= 11 is 3.92. The minimum atomic E-state index is 0.0687. The van der Waals surface area contributed by atoms with Crippen LogP contribution in [0.1, 0.15) is 52.7 Å². The highest BCUT2D eigenvalue weighted by molar-refractivity contribution is 8.01. The third kappa shape index (κ3) is 6.00. The van der Waals surface area contributed by atoms with Gasteiger partial charge in [-0.25, -0.2) is 0 Å². The lowest BCUT2D eigenvalue weighted by molar-refractivity contribution is 0.590. The molecule has 2 aliphatic rings. The maximum atomic E-state index is 2.52. The molecule has 284 valence electrons. The van der Waals surface area contributed by atoms with Gasteiger partial charge in [-0.1, -0.05) is 216 Å². The lowest BCUT2D eigenvalue weighted by Crippen LogP contribution is -2.58. The molecule has 0 bridgehead atoms. The molecular weight excluding hydrogens is 748 g/mol. The maximum absolute atomic E-state index is 2.52. The van der Waals surface area contributed by atoms with Gasteiger partial charge in [-0.3, -0.25) is 0 Å². The molecule has 0 fully saturated rings. The van der Waals surface area contributed by atoms with Gasteiger partial charge < -0.3 is 0 Å². The largest absolute Gasteiger partial charge is 0.247 e.